The number of nitrogens with zero attached hydrogens (tertiary/aromatic N) is 2. The van der Waals surface area contributed by atoms with Crippen molar-refractivity contribution < 1.29 is 0 Å². The predicted octanol–water partition coefficient (Wildman–Crippen LogP) is 5.27. The van der Waals surface area contributed by atoms with Crippen LogP contribution in [0.4, 0.5) is 0 Å². The van der Waals surface area contributed by atoms with Crippen molar-refractivity contribution in [1.82, 2.24) is 5.32 Å². The van der Waals surface area contributed by atoms with E-state index in [-0.39, 0.29) is 0 Å². The van der Waals surface area contributed by atoms with Crippen LogP contribution in [-0.4, -0.2) is 25.0 Å². The van der Waals surface area contributed by atoms with Crippen LogP contribution in [0.25, 0.3) is 0 Å². The molecular weight excluding hydrogens is 270 g/mol. The molecule has 0 aliphatic heterocycles. The fourth-order valence-corrected chi connectivity index (χ4v) is 3.05. The van der Waals surface area contributed by atoms with Gasteiger partial charge in [-0.15, -0.1) is 0 Å². The lowest BCUT2D eigenvalue weighted by molar-refractivity contribution is 0.579. The Morgan fingerprint density at radius 1 is 1.09 bits per heavy atom. The third kappa shape index (κ3) is 6.76. The van der Waals surface area contributed by atoms with Crippen molar-refractivity contribution in [3.63, 3.8) is 0 Å². The van der Waals surface area contributed by atoms with Gasteiger partial charge in [-0.05, 0) is 39.3 Å². The van der Waals surface area contributed by atoms with Crippen molar-refractivity contribution in [2.75, 3.05) is 6.54 Å². The van der Waals surface area contributed by atoms with E-state index < -0.39 is 0 Å². The van der Waals surface area contributed by atoms with Crippen LogP contribution in [0.3, 0.4) is 0 Å². The van der Waals surface area contributed by atoms with Gasteiger partial charge in [-0.2, -0.15) is 0 Å². The van der Waals surface area contributed by atoms with E-state index in [9.17, 15) is 0 Å². The molecule has 3 heteroatoms. The first-order chi connectivity index (χ1) is 10.7. The summed E-state index contributed by atoms with van der Waals surface area (Å²) in [5.41, 5.74) is 2.41. The Morgan fingerprint density at radius 3 is 2.41 bits per heavy atom. The average Bonchev–Trinajstić information content (AvgIpc) is 3.03. The number of unbranched alkanes of at least 4 members (excludes halogenated alkanes) is 3. The van der Waals surface area contributed by atoms with E-state index >= 15 is 0 Å². The molecule has 0 atom stereocenters. The van der Waals surface area contributed by atoms with Gasteiger partial charge in [0, 0.05) is 23.9 Å². The summed E-state index contributed by atoms with van der Waals surface area (Å²) in [5, 5.41) is 3.58. The van der Waals surface area contributed by atoms with Gasteiger partial charge in [0.1, 0.15) is 5.82 Å². The molecule has 0 unspecified atom stereocenters. The Balaban J connectivity index is 2.69. The highest BCUT2D eigenvalue weighted by Crippen LogP contribution is 2.20. The molecule has 0 bridgehead atoms. The Morgan fingerprint density at radius 2 is 1.82 bits per heavy atom. The average molecular weight is 306 g/mol. The van der Waals surface area contributed by atoms with E-state index in [1.54, 1.807) is 0 Å². The zero-order chi connectivity index (χ0) is 16.2. The van der Waals surface area contributed by atoms with E-state index in [0.29, 0.717) is 6.04 Å². The quantitative estimate of drug-likeness (QED) is 0.409. The molecule has 0 radical (unpaired) electrons. The van der Waals surface area contributed by atoms with E-state index in [2.05, 4.69) is 37.8 Å². The van der Waals surface area contributed by atoms with Crippen LogP contribution in [0, 0.1) is 0 Å². The summed E-state index contributed by atoms with van der Waals surface area (Å²) in [6.07, 6.45) is 12.4. The second kappa shape index (κ2) is 11.4. The molecule has 22 heavy (non-hydrogen) atoms. The zero-order valence-corrected chi connectivity index (χ0v) is 15.0. The molecule has 0 spiro atoms. The molecule has 0 aromatic carbocycles. The lowest BCUT2D eigenvalue weighted by atomic mass is 10.1. The SMILES string of the molecule is C=N/C(NC1CCCC1)=C(C)\C(CCC)=N/CCCCCC. The Hall–Kier alpha value is -1.12. The first-order valence-electron chi connectivity index (χ1n) is 9.20. The van der Waals surface area contributed by atoms with E-state index in [4.69, 9.17) is 4.99 Å². The van der Waals surface area contributed by atoms with Crippen LogP contribution in [-0.2, 0) is 0 Å². The van der Waals surface area contributed by atoms with E-state index in [0.717, 1.165) is 25.2 Å². The molecule has 126 valence electrons. The minimum Gasteiger partial charge on any atom is -0.367 e. The standard InChI is InChI=1S/C19H35N3/c1-5-7-8-11-15-21-18(12-6-2)16(3)19(20-4)22-17-13-9-10-14-17/h17,22H,4-15H2,1-3H3/b19-16+,21-18-. The van der Waals surface area contributed by atoms with Crippen molar-refractivity contribution in [2.24, 2.45) is 9.98 Å². The molecule has 1 fully saturated rings. The van der Waals surface area contributed by atoms with Gasteiger partial charge in [-0.1, -0.05) is 52.4 Å². The number of hydrogen-bond donors (Lipinski definition) is 1. The van der Waals surface area contributed by atoms with Crippen LogP contribution in [0.1, 0.15) is 85.0 Å². The third-order valence-corrected chi connectivity index (χ3v) is 4.44. The fraction of sp³-hybridized carbons (Fsp3) is 0.789. The summed E-state index contributed by atoms with van der Waals surface area (Å²) in [6, 6.07) is 0.572. The summed E-state index contributed by atoms with van der Waals surface area (Å²) in [6.45, 7) is 11.3. The molecule has 1 aliphatic carbocycles. The van der Waals surface area contributed by atoms with Gasteiger partial charge in [0.25, 0.3) is 0 Å². The topological polar surface area (TPSA) is 36.8 Å². The lowest BCUT2D eigenvalue weighted by Gasteiger charge is -2.17. The predicted molar refractivity (Wildman–Crippen MR) is 99.0 cm³/mol. The Labute approximate surface area is 137 Å². The second-order valence-corrected chi connectivity index (χ2v) is 6.40. The second-order valence-electron chi connectivity index (χ2n) is 6.40. The largest absolute Gasteiger partial charge is 0.367 e. The van der Waals surface area contributed by atoms with Gasteiger partial charge in [0.2, 0.25) is 0 Å². The molecule has 1 rings (SSSR count). The summed E-state index contributed by atoms with van der Waals surface area (Å²) < 4.78 is 0. The monoisotopic (exact) mass is 305 g/mol. The highest BCUT2D eigenvalue weighted by molar-refractivity contribution is 6.00. The first-order valence-corrected chi connectivity index (χ1v) is 9.20. The smallest absolute Gasteiger partial charge is 0.130 e. The highest BCUT2D eigenvalue weighted by atomic mass is 15.1. The number of rotatable bonds is 11. The molecule has 0 saturated heterocycles. The lowest BCUT2D eigenvalue weighted by Crippen LogP contribution is -2.26. The van der Waals surface area contributed by atoms with E-state index in [1.807, 2.05) is 0 Å². The van der Waals surface area contributed by atoms with Crippen LogP contribution in [0.15, 0.2) is 21.4 Å². The van der Waals surface area contributed by atoms with Crippen LogP contribution < -0.4 is 5.32 Å². The Kier molecular flexibility index (Phi) is 9.85. The molecule has 1 N–H and O–H groups in total. The highest BCUT2D eigenvalue weighted by Gasteiger charge is 2.17. The molecule has 0 heterocycles. The maximum absolute atomic E-state index is 4.86. The fourth-order valence-electron chi connectivity index (χ4n) is 3.05. The maximum atomic E-state index is 4.86. The van der Waals surface area contributed by atoms with Crippen molar-refractivity contribution in [3.05, 3.63) is 11.4 Å². The summed E-state index contributed by atoms with van der Waals surface area (Å²) >= 11 is 0. The number of allylic oxidation sites excluding steroid dienone is 1. The molecule has 3 nitrogen and oxygen atoms in total. The number of aliphatic imine (C=N–C) groups is 2. The third-order valence-electron chi connectivity index (χ3n) is 4.44. The maximum Gasteiger partial charge on any atom is 0.130 e. The molecule has 1 saturated carbocycles. The molecule has 0 aromatic rings. The van der Waals surface area contributed by atoms with Gasteiger partial charge in [-0.25, -0.2) is 4.99 Å². The van der Waals surface area contributed by atoms with Gasteiger partial charge in [-0.3, -0.25) is 4.99 Å². The van der Waals surface area contributed by atoms with Crippen molar-refractivity contribution in [2.45, 2.75) is 91.0 Å². The molecule has 1 aliphatic rings. The van der Waals surface area contributed by atoms with Gasteiger partial charge >= 0.3 is 0 Å². The van der Waals surface area contributed by atoms with E-state index in [1.165, 1.54) is 62.7 Å². The number of hydrogen-bond acceptors (Lipinski definition) is 3. The first kappa shape index (κ1) is 18.9. The van der Waals surface area contributed by atoms with Gasteiger partial charge in [0.05, 0.1) is 0 Å². The molecule has 0 aromatic heterocycles. The molecule has 0 amide bonds. The van der Waals surface area contributed by atoms with Crippen molar-refractivity contribution >= 4 is 12.4 Å². The summed E-state index contributed by atoms with van der Waals surface area (Å²) in [7, 11) is 0. The molecular formula is C19H35N3. The van der Waals surface area contributed by atoms with Crippen LogP contribution >= 0.6 is 0 Å². The minimum atomic E-state index is 0.572. The Bertz CT molecular complexity index is 376. The number of nitrogens with one attached hydrogen (secondary N) is 1. The summed E-state index contributed by atoms with van der Waals surface area (Å²) in [5.74, 6) is 0.952. The van der Waals surface area contributed by atoms with Crippen molar-refractivity contribution in [1.29, 1.82) is 0 Å². The minimum absolute atomic E-state index is 0.572. The zero-order valence-electron chi connectivity index (χ0n) is 15.0. The van der Waals surface area contributed by atoms with Crippen molar-refractivity contribution in [3.8, 4) is 0 Å². The normalized spacial score (nSPS) is 17.5. The van der Waals surface area contributed by atoms with Crippen LogP contribution in [0.2, 0.25) is 0 Å². The van der Waals surface area contributed by atoms with Gasteiger partial charge in [0.15, 0.2) is 0 Å². The van der Waals surface area contributed by atoms with Crippen LogP contribution in [0.5, 0.6) is 0 Å². The summed E-state index contributed by atoms with van der Waals surface area (Å²) in [4.78, 5) is 9.11. The van der Waals surface area contributed by atoms with Gasteiger partial charge < -0.3 is 5.32 Å².